The van der Waals surface area contributed by atoms with Crippen LogP contribution in [-0.2, 0) is 9.47 Å². The molecular weight excluding hydrogens is 228 g/mol. The van der Waals surface area contributed by atoms with Crippen LogP contribution in [0.1, 0.15) is 64.7 Å². The molecule has 1 aliphatic rings. The first-order chi connectivity index (χ1) is 8.72. The van der Waals surface area contributed by atoms with E-state index in [1.54, 1.807) is 0 Å². The molecule has 0 aromatic heterocycles. The fraction of sp³-hybridized carbons (Fsp3) is 0.800. The van der Waals surface area contributed by atoms with Crippen LogP contribution in [0.15, 0.2) is 0 Å². The van der Waals surface area contributed by atoms with Crippen LogP contribution in [0.3, 0.4) is 0 Å². The van der Waals surface area contributed by atoms with Gasteiger partial charge in [-0.1, -0.05) is 38.0 Å². The van der Waals surface area contributed by atoms with Gasteiger partial charge in [-0.3, -0.25) is 0 Å². The molecule has 1 rings (SSSR count). The minimum absolute atomic E-state index is 0.572. The van der Waals surface area contributed by atoms with Gasteiger partial charge in [0.1, 0.15) is 0 Å². The lowest BCUT2D eigenvalue weighted by atomic mass is 10.0. The Morgan fingerprint density at radius 1 is 1.22 bits per heavy atom. The lowest BCUT2D eigenvalue weighted by molar-refractivity contribution is 0.00796. The average Bonchev–Trinajstić information content (AvgIpc) is 2.82. The van der Waals surface area contributed by atoms with Crippen LogP contribution >= 0.6 is 0 Å². The highest BCUT2D eigenvalue weighted by molar-refractivity contribution is 5.61. The van der Waals surface area contributed by atoms with E-state index in [0.29, 0.717) is 0 Å². The van der Waals surface area contributed by atoms with Crippen LogP contribution < -0.4 is 0 Å². The van der Waals surface area contributed by atoms with Gasteiger partial charge in [0, 0.05) is 6.42 Å². The van der Waals surface area contributed by atoms with E-state index in [1.807, 2.05) is 0 Å². The van der Waals surface area contributed by atoms with E-state index in [2.05, 4.69) is 23.5 Å². The first kappa shape index (κ1) is 14.9. The molecule has 0 aromatic rings. The standard InChI is InChI=1S/C15H24O3/c1-3-4-5-6-7-8-11-15(12-9-10-13-15)18-14(16)17-2/h3-7,9-10,12-13H2,1-2H3. The topological polar surface area (TPSA) is 35.5 Å². The highest BCUT2D eigenvalue weighted by Gasteiger charge is 2.36. The fourth-order valence-corrected chi connectivity index (χ4v) is 2.26. The Morgan fingerprint density at radius 3 is 2.56 bits per heavy atom. The van der Waals surface area contributed by atoms with Gasteiger partial charge in [0.2, 0.25) is 0 Å². The maximum absolute atomic E-state index is 11.2. The van der Waals surface area contributed by atoms with E-state index < -0.39 is 11.8 Å². The summed E-state index contributed by atoms with van der Waals surface area (Å²) in [5, 5.41) is 0. The Labute approximate surface area is 110 Å². The number of hydrogen-bond acceptors (Lipinski definition) is 3. The predicted octanol–water partition coefficient (Wildman–Crippen LogP) is 4.06. The van der Waals surface area contributed by atoms with E-state index in [0.717, 1.165) is 38.5 Å². The largest absolute Gasteiger partial charge is 0.509 e. The Kier molecular flexibility index (Phi) is 6.64. The van der Waals surface area contributed by atoms with Crippen molar-refractivity contribution in [1.82, 2.24) is 0 Å². The molecule has 1 fully saturated rings. The van der Waals surface area contributed by atoms with Gasteiger partial charge in [0.25, 0.3) is 0 Å². The number of carbonyl (C=O) groups excluding carboxylic acids is 1. The first-order valence-electron chi connectivity index (χ1n) is 6.99. The van der Waals surface area contributed by atoms with E-state index in [-0.39, 0.29) is 0 Å². The fourth-order valence-electron chi connectivity index (χ4n) is 2.26. The van der Waals surface area contributed by atoms with Crippen LogP contribution in [-0.4, -0.2) is 18.9 Å². The number of carbonyl (C=O) groups is 1. The zero-order valence-electron chi connectivity index (χ0n) is 11.6. The molecular formula is C15H24O3. The molecule has 0 aromatic carbocycles. The summed E-state index contributed by atoms with van der Waals surface area (Å²) >= 11 is 0. The van der Waals surface area contributed by atoms with Gasteiger partial charge in [-0.2, -0.15) is 0 Å². The second kappa shape index (κ2) is 8.02. The van der Waals surface area contributed by atoms with Crippen LogP contribution in [0.5, 0.6) is 0 Å². The molecule has 1 aliphatic carbocycles. The Bertz CT molecular complexity index is 305. The molecule has 0 N–H and O–H groups in total. The molecule has 0 aliphatic heterocycles. The first-order valence-corrected chi connectivity index (χ1v) is 6.99. The quantitative estimate of drug-likeness (QED) is 0.420. The molecule has 0 unspecified atom stereocenters. The van der Waals surface area contributed by atoms with E-state index in [1.165, 1.54) is 26.4 Å². The number of rotatable bonds is 5. The van der Waals surface area contributed by atoms with Crippen molar-refractivity contribution in [3.8, 4) is 11.8 Å². The third-order valence-corrected chi connectivity index (χ3v) is 3.33. The molecule has 0 amide bonds. The molecule has 0 spiro atoms. The van der Waals surface area contributed by atoms with Crippen molar-refractivity contribution in [2.75, 3.05) is 7.11 Å². The van der Waals surface area contributed by atoms with Crippen LogP contribution in [0.4, 0.5) is 4.79 Å². The third-order valence-electron chi connectivity index (χ3n) is 3.33. The van der Waals surface area contributed by atoms with Crippen LogP contribution in [0.25, 0.3) is 0 Å². The maximum atomic E-state index is 11.2. The lowest BCUT2D eigenvalue weighted by Gasteiger charge is -2.21. The molecule has 0 radical (unpaired) electrons. The van der Waals surface area contributed by atoms with Gasteiger partial charge >= 0.3 is 6.16 Å². The molecule has 1 saturated carbocycles. The predicted molar refractivity (Wildman–Crippen MR) is 71.2 cm³/mol. The number of methoxy groups -OCH3 is 1. The smallest absolute Gasteiger partial charge is 0.438 e. The minimum Gasteiger partial charge on any atom is -0.438 e. The van der Waals surface area contributed by atoms with Crippen molar-refractivity contribution in [3.05, 3.63) is 0 Å². The molecule has 18 heavy (non-hydrogen) atoms. The Morgan fingerprint density at radius 2 is 1.94 bits per heavy atom. The van der Waals surface area contributed by atoms with E-state index >= 15 is 0 Å². The highest BCUT2D eigenvalue weighted by atomic mass is 16.7. The van der Waals surface area contributed by atoms with Gasteiger partial charge in [-0.05, 0) is 32.1 Å². The zero-order valence-corrected chi connectivity index (χ0v) is 11.6. The summed E-state index contributed by atoms with van der Waals surface area (Å²) in [5.74, 6) is 6.34. The molecule has 0 bridgehead atoms. The average molecular weight is 252 g/mol. The summed E-state index contributed by atoms with van der Waals surface area (Å²) in [7, 11) is 1.34. The maximum Gasteiger partial charge on any atom is 0.509 e. The van der Waals surface area contributed by atoms with Crippen molar-refractivity contribution in [2.24, 2.45) is 0 Å². The third kappa shape index (κ3) is 5.00. The minimum atomic E-state index is -0.614. The lowest BCUT2D eigenvalue weighted by Crippen LogP contribution is -2.30. The summed E-state index contributed by atoms with van der Waals surface area (Å²) in [4.78, 5) is 11.2. The molecule has 0 heterocycles. The number of unbranched alkanes of at least 4 members (excludes halogenated alkanes) is 4. The second-order valence-corrected chi connectivity index (χ2v) is 4.87. The molecule has 3 heteroatoms. The molecule has 0 atom stereocenters. The summed E-state index contributed by atoms with van der Waals surface area (Å²) in [5.41, 5.74) is -0.572. The SMILES string of the molecule is CCCCCCC#CC1(OC(=O)OC)CCCC1. The Hall–Kier alpha value is -1.17. The van der Waals surface area contributed by atoms with Crippen molar-refractivity contribution in [1.29, 1.82) is 0 Å². The second-order valence-electron chi connectivity index (χ2n) is 4.87. The van der Waals surface area contributed by atoms with Gasteiger partial charge < -0.3 is 9.47 Å². The highest BCUT2D eigenvalue weighted by Crippen LogP contribution is 2.33. The summed E-state index contributed by atoms with van der Waals surface area (Å²) < 4.78 is 9.91. The summed E-state index contributed by atoms with van der Waals surface area (Å²) in [6.45, 7) is 2.20. The van der Waals surface area contributed by atoms with Crippen molar-refractivity contribution < 1.29 is 14.3 Å². The Balaban J connectivity index is 2.42. The normalized spacial score (nSPS) is 16.8. The summed E-state index contributed by atoms with van der Waals surface area (Å²) in [6.07, 6.45) is 8.97. The van der Waals surface area contributed by atoms with Gasteiger partial charge in [-0.25, -0.2) is 4.79 Å². The molecule has 0 saturated heterocycles. The number of ether oxygens (including phenoxy) is 2. The van der Waals surface area contributed by atoms with Crippen LogP contribution in [0.2, 0.25) is 0 Å². The van der Waals surface area contributed by atoms with E-state index in [4.69, 9.17) is 4.74 Å². The van der Waals surface area contributed by atoms with Crippen molar-refractivity contribution in [3.63, 3.8) is 0 Å². The van der Waals surface area contributed by atoms with Gasteiger partial charge in [0.05, 0.1) is 7.11 Å². The van der Waals surface area contributed by atoms with Gasteiger partial charge in [0.15, 0.2) is 5.60 Å². The van der Waals surface area contributed by atoms with E-state index in [9.17, 15) is 4.79 Å². The summed E-state index contributed by atoms with van der Waals surface area (Å²) in [6, 6.07) is 0. The monoisotopic (exact) mass is 252 g/mol. The molecule has 3 nitrogen and oxygen atoms in total. The van der Waals surface area contributed by atoms with Crippen molar-refractivity contribution in [2.45, 2.75) is 70.3 Å². The van der Waals surface area contributed by atoms with Crippen LogP contribution in [0, 0.1) is 11.8 Å². The molecule has 102 valence electrons. The zero-order chi connectivity index (χ0) is 13.3. The van der Waals surface area contributed by atoms with Crippen molar-refractivity contribution >= 4 is 6.16 Å². The number of hydrogen-bond donors (Lipinski definition) is 0. The van der Waals surface area contributed by atoms with Gasteiger partial charge in [-0.15, -0.1) is 0 Å².